The Morgan fingerprint density at radius 2 is 2.12 bits per heavy atom. The molecule has 0 aliphatic carbocycles. The topological polar surface area (TPSA) is 32.7 Å². The first-order valence-electron chi connectivity index (χ1n) is 6.02. The molecule has 1 aromatic rings. The van der Waals surface area contributed by atoms with E-state index in [1.54, 1.807) is 24.3 Å². The smallest absolute Gasteiger partial charge is 0.120 e. The van der Waals surface area contributed by atoms with E-state index in [4.69, 9.17) is 9.84 Å². The maximum atomic E-state index is 12.0. The molecule has 0 spiro atoms. The van der Waals surface area contributed by atoms with Crippen molar-refractivity contribution in [1.29, 1.82) is 0 Å². The zero-order valence-corrected chi connectivity index (χ0v) is 9.81. The minimum absolute atomic E-state index is 0.180. The molecule has 94 valence electrons. The average Bonchev–Trinajstić information content (AvgIpc) is 2.77. The summed E-state index contributed by atoms with van der Waals surface area (Å²) in [7, 11) is 0. The molecular weight excluding hydrogens is 221 g/mol. The predicted octanol–water partition coefficient (Wildman–Crippen LogP) is 2.20. The molecule has 1 unspecified atom stereocenters. The summed E-state index contributed by atoms with van der Waals surface area (Å²) in [6, 6.07) is 6.76. The number of hydrogen-bond donors (Lipinski definition) is 1. The zero-order chi connectivity index (χ0) is 12.1. The Kier molecular flexibility index (Phi) is 4.20. The van der Waals surface area contributed by atoms with Crippen LogP contribution in [0.4, 0.5) is 4.39 Å². The molecule has 1 aliphatic heterocycles. The molecule has 1 aromatic carbocycles. The number of alkyl halides is 1. The Morgan fingerprint density at radius 3 is 2.82 bits per heavy atom. The fraction of sp³-hybridized carbons (Fsp3) is 0.538. The lowest BCUT2D eigenvalue weighted by Gasteiger charge is -2.16. The van der Waals surface area contributed by atoms with Gasteiger partial charge in [0.2, 0.25) is 0 Å². The van der Waals surface area contributed by atoms with Crippen molar-refractivity contribution in [3.8, 4) is 11.5 Å². The molecule has 4 heteroatoms. The van der Waals surface area contributed by atoms with E-state index >= 15 is 0 Å². The fourth-order valence-corrected chi connectivity index (χ4v) is 2.10. The van der Waals surface area contributed by atoms with Crippen molar-refractivity contribution in [3.05, 3.63) is 24.3 Å². The normalized spacial score (nSPS) is 20.6. The number of phenolic OH excluding ortho intramolecular Hbond substituents is 1. The number of aromatic hydroxyl groups is 1. The van der Waals surface area contributed by atoms with Crippen LogP contribution in [0.15, 0.2) is 24.3 Å². The molecular formula is C13H18FNO2. The van der Waals surface area contributed by atoms with Gasteiger partial charge in [-0.25, -0.2) is 0 Å². The lowest BCUT2D eigenvalue weighted by Crippen LogP contribution is -2.26. The van der Waals surface area contributed by atoms with Crippen molar-refractivity contribution in [3.63, 3.8) is 0 Å². The maximum Gasteiger partial charge on any atom is 0.120 e. The summed E-state index contributed by atoms with van der Waals surface area (Å²) < 4.78 is 17.8. The molecule has 1 heterocycles. The molecule has 1 saturated heterocycles. The van der Waals surface area contributed by atoms with Crippen molar-refractivity contribution in [2.45, 2.75) is 18.9 Å². The van der Waals surface area contributed by atoms with Crippen LogP contribution in [-0.4, -0.2) is 42.4 Å². The van der Waals surface area contributed by atoms with Crippen LogP contribution < -0.4 is 4.74 Å². The number of phenols is 1. The summed E-state index contributed by atoms with van der Waals surface area (Å²) in [4.78, 5) is 2.23. The molecule has 0 radical (unpaired) electrons. The van der Waals surface area contributed by atoms with Gasteiger partial charge in [-0.15, -0.1) is 0 Å². The van der Waals surface area contributed by atoms with Crippen LogP contribution in [0.1, 0.15) is 12.8 Å². The summed E-state index contributed by atoms with van der Waals surface area (Å²) in [6.45, 7) is 2.40. The standard InChI is InChI=1S/C13H18FNO2/c14-7-1-8-15-9-6-13(10-15)17-12-4-2-11(16)3-5-12/h2-5,13,16H,1,6-10H2. The van der Waals surface area contributed by atoms with Crippen molar-refractivity contribution >= 4 is 0 Å². The number of hydrogen-bond acceptors (Lipinski definition) is 3. The number of halogens is 1. The van der Waals surface area contributed by atoms with Gasteiger partial charge in [0.25, 0.3) is 0 Å². The Hall–Kier alpha value is -1.29. The number of rotatable bonds is 5. The van der Waals surface area contributed by atoms with Gasteiger partial charge < -0.3 is 9.84 Å². The predicted molar refractivity (Wildman–Crippen MR) is 64.2 cm³/mol. The molecule has 3 nitrogen and oxygen atoms in total. The second-order valence-corrected chi connectivity index (χ2v) is 4.37. The first kappa shape index (κ1) is 12.2. The van der Waals surface area contributed by atoms with E-state index in [0.717, 1.165) is 31.8 Å². The summed E-state index contributed by atoms with van der Waals surface area (Å²) in [5.41, 5.74) is 0. The fourth-order valence-electron chi connectivity index (χ4n) is 2.10. The monoisotopic (exact) mass is 239 g/mol. The van der Waals surface area contributed by atoms with Gasteiger partial charge in [0.1, 0.15) is 17.6 Å². The highest BCUT2D eigenvalue weighted by Crippen LogP contribution is 2.20. The molecule has 0 amide bonds. The quantitative estimate of drug-likeness (QED) is 0.855. The van der Waals surface area contributed by atoms with Gasteiger partial charge in [0.05, 0.1) is 6.67 Å². The number of ether oxygens (including phenoxy) is 1. The van der Waals surface area contributed by atoms with Gasteiger partial charge >= 0.3 is 0 Å². The van der Waals surface area contributed by atoms with Gasteiger partial charge in [0, 0.05) is 19.6 Å². The Labute approximate surface area is 101 Å². The van der Waals surface area contributed by atoms with E-state index in [-0.39, 0.29) is 18.5 Å². The molecule has 1 fully saturated rings. The molecule has 0 bridgehead atoms. The first-order valence-corrected chi connectivity index (χ1v) is 6.02. The Morgan fingerprint density at radius 1 is 1.35 bits per heavy atom. The Bertz CT molecular complexity index is 342. The third-order valence-corrected chi connectivity index (χ3v) is 2.98. The minimum Gasteiger partial charge on any atom is -0.508 e. The number of likely N-dealkylation sites (tertiary alicyclic amines) is 1. The van der Waals surface area contributed by atoms with Crippen LogP contribution in [0, 0.1) is 0 Å². The van der Waals surface area contributed by atoms with E-state index < -0.39 is 0 Å². The highest BCUT2D eigenvalue weighted by molar-refractivity contribution is 5.30. The van der Waals surface area contributed by atoms with Crippen molar-refractivity contribution in [1.82, 2.24) is 4.90 Å². The second kappa shape index (κ2) is 5.87. The van der Waals surface area contributed by atoms with Crippen molar-refractivity contribution in [2.24, 2.45) is 0 Å². The van der Waals surface area contributed by atoms with E-state index in [9.17, 15) is 4.39 Å². The van der Waals surface area contributed by atoms with Crippen LogP contribution in [0.25, 0.3) is 0 Å². The van der Waals surface area contributed by atoms with Gasteiger partial charge in [-0.3, -0.25) is 9.29 Å². The van der Waals surface area contributed by atoms with Crippen molar-refractivity contribution in [2.75, 3.05) is 26.3 Å². The molecule has 1 N–H and O–H groups in total. The summed E-state index contributed by atoms with van der Waals surface area (Å²) in [6.07, 6.45) is 1.76. The van der Waals surface area contributed by atoms with E-state index in [1.165, 1.54) is 0 Å². The summed E-state index contributed by atoms with van der Waals surface area (Å²) in [5.74, 6) is 1.02. The molecule has 1 aliphatic rings. The van der Waals surface area contributed by atoms with Crippen LogP contribution in [0.2, 0.25) is 0 Å². The summed E-state index contributed by atoms with van der Waals surface area (Å²) >= 11 is 0. The van der Waals surface area contributed by atoms with Crippen LogP contribution in [0.5, 0.6) is 11.5 Å². The molecule has 17 heavy (non-hydrogen) atoms. The van der Waals surface area contributed by atoms with E-state index in [1.807, 2.05) is 0 Å². The highest BCUT2D eigenvalue weighted by Gasteiger charge is 2.23. The molecule has 0 aromatic heterocycles. The lowest BCUT2D eigenvalue weighted by atomic mass is 10.3. The van der Waals surface area contributed by atoms with E-state index in [2.05, 4.69) is 4.90 Å². The first-order chi connectivity index (χ1) is 8.28. The number of nitrogens with zero attached hydrogens (tertiary/aromatic N) is 1. The zero-order valence-electron chi connectivity index (χ0n) is 9.81. The van der Waals surface area contributed by atoms with Crippen LogP contribution >= 0.6 is 0 Å². The average molecular weight is 239 g/mol. The van der Waals surface area contributed by atoms with E-state index in [0.29, 0.717) is 6.42 Å². The lowest BCUT2D eigenvalue weighted by molar-refractivity contribution is 0.198. The van der Waals surface area contributed by atoms with Gasteiger partial charge in [-0.05, 0) is 37.1 Å². The van der Waals surface area contributed by atoms with Crippen LogP contribution in [-0.2, 0) is 0 Å². The van der Waals surface area contributed by atoms with Crippen molar-refractivity contribution < 1.29 is 14.2 Å². The molecule has 0 saturated carbocycles. The highest BCUT2D eigenvalue weighted by atomic mass is 19.1. The Balaban J connectivity index is 1.79. The second-order valence-electron chi connectivity index (χ2n) is 4.37. The maximum absolute atomic E-state index is 12.0. The third kappa shape index (κ3) is 3.60. The molecule has 2 rings (SSSR count). The third-order valence-electron chi connectivity index (χ3n) is 2.98. The van der Waals surface area contributed by atoms with Gasteiger partial charge in [0.15, 0.2) is 0 Å². The van der Waals surface area contributed by atoms with Crippen LogP contribution in [0.3, 0.4) is 0 Å². The van der Waals surface area contributed by atoms with Gasteiger partial charge in [-0.1, -0.05) is 0 Å². The minimum atomic E-state index is -0.250. The SMILES string of the molecule is Oc1ccc(OC2CCN(CCCF)C2)cc1. The largest absolute Gasteiger partial charge is 0.508 e. The summed E-state index contributed by atoms with van der Waals surface area (Å²) in [5, 5.41) is 9.16. The van der Waals surface area contributed by atoms with Gasteiger partial charge in [-0.2, -0.15) is 0 Å². The number of benzene rings is 1. The molecule has 1 atom stereocenters.